The first kappa shape index (κ1) is 26.6. The third-order valence-corrected chi connectivity index (χ3v) is 7.00. The van der Waals surface area contributed by atoms with E-state index in [1.54, 1.807) is 18.2 Å². The topological polar surface area (TPSA) is 69.7 Å². The minimum atomic E-state index is -1.05. The average molecular weight is 481 g/mol. The molecular formula is C29H38NO5+. The summed E-state index contributed by atoms with van der Waals surface area (Å²) < 4.78 is 12.1. The number of ether oxygens (including phenoxy) is 2. The SMILES string of the molecule is CC(C)=CCC/C(C)=C(\C)[C@H]1OC(=O)CC12C[C@H](OC(=O)c1ccc([N+](C)(C)C)cc1)C=CC2=O. The average Bonchev–Trinajstić information content (AvgIpc) is 3.11. The van der Waals surface area contributed by atoms with Crippen molar-refractivity contribution in [1.29, 1.82) is 0 Å². The summed E-state index contributed by atoms with van der Waals surface area (Å²) in [6.07, 6.45) is 5.90. The number of hydrogen-bond acceptors (Lipinski definition) is 5. The van der Waals surface area contributed by atoms with Gasteiger partial charge < -0.3 is 9.47 Å². The summed E-state index contributed by atoms with van der Waals surface area (Å²) in [5.74, 6) is -0.996. The van der Waals surface area contributed by atoms with Crippen LogP contribution in [0.5, 0.6) is 0 Å². The van der Waals surface area contributed by atoms with E-state index < -0.39 is 29.6 Å². The number of allylic oxidation sites excluding steroid dienone is 4. The minimum absolute atomic E-state index is 0.00826. The molecule has 188 valence electrons. The van der Waals surface area contributed by atoms with Gasteiger partial charge in [-0.1, -0.05) is 17.2 Å². The lowest BCUT2D eigenvalue weighted by molar-refractivity contribution is -0.140. The zero-order valence-corrected chi connectivity index (χ0v) is 22.0. The summed E-state index contributed by atoms with van der Waals surface area (Å²) >= 11 is 0. The fourth-order valence-corrected chi connectivity index (χ4v) is 4.75. The second-order valence-electron chi connectivity index (χ2n) is 10.9. The molecule has 0 bridgehead atoms. The van der Waals surface area contributed by atoms with Gasteiger partial charge >= 0.3 is 11.9 Å². The van der Waals surface area contributed by atoms with Crippen molar-refractivity contribution in [2.24, 2.45) is 5.41 Å². The maximum absolute atomic E-state index is 13.1. The molecule has 1 aromatic carbocycles. The number of benzene rings is 1. The highest BCUT2D eigenvalue weighted by Gasteiger charge is 2.56. The van der Waals surface area contributed by atoms with Gasteiger partial charge in [-0.25, -0.2) is 4.79 Å². The van der Waals surface area contributed by atoms with Gasteiger partial charge in [0.2, 0.25) is 0 Å². The lowest BCUT2D eigenvalue weighted by Gasteiger charge is -2.36. The molecule has 0 aromatic heterocycles. The number of ketones is 1. The van der Waals surface area contributed by atoms with Gasteiger partial charge in [-0.05, 0) is 82.5 Å². The van der Waals surface area contributed by atoms with E-state index in [4.69, 9.17) is 9.47 Å². The van der Waals surface area contributed by atoms with Crippen LogP contribution in [0.15, 0.2) is 59.2 Å². The van der Waals surface area contributed by atoms with Crippen LogP contribution in [0.25, 0.3) is 0 Å². The Morgan fingerprint density at radius 2 is 1.77 bits per heavy atom. The van der Waals surface area contributed by atoms with Crippen LogP contribution < -0.4 is 4.48 Å². The molecule has 35 heavy (non-hydrogen) atoms. The molecule has 6 heteroatoms. The standard InChI is InChI=1S/C29H38NO5/c1-19(2)9-8-10-20(3)21(4)27-29(18-26(32)35-27)17-24(15-16-25(29)31)34-28(33)22-11-13-23(14-12-22)30(5,6)7/h9,11-16,24,27H,8,10,17-18H2,1-7H3/q+1/b21-20+/t24-,27-,29?/m1/s1. The van der Waals surface area contributed by atoms with Crippen molar-refractivity contribution in [2.75, 3.05) is 21.1 Å². The van der Waals surface area contributed by atoms with E-state index in [1.807, 2.05) is 26.0 Å². The number of carbonyl (C=O) groups excluding carboxylic acids is 3. The number of carbonyl (C=O) groups is 3. The normalized spacial score (nSPS) is 24.8. The first-order valence-electron chi connectivity index (χ1n) is 12.2. The zero-order valence-electron chi connectivity index (χ0n) is 22.0. The predicted molar refractivity (Wildman–Crippen MR) is 138 cm³/mol. The van der Waals surface area contributed by atoms with Crippen LogP contribution in [0, 0.1) is 5.41 Å². The quantitative estimate of drug-likeness (QED) is 0.300. The third kappa shape index (κ3) is 5.99. The smallest absolute Gasteiger partial charge is 0.338 e. The maximum atomic E-state index is 13.1. The Morgan fingerprint density at radius 3 is 2.37 bits per heavy atom. The van der Waals surface area contributed by atoms with Crippen LogP contribution in [0.3, 0.4) is 0 Å². The van der Waals surface area contributed by atoms with Crippen molar-refractivity contribution in [3.8, 4) is 0 Å². The highest BCUT2D eigenvalue weighted by Crippen LogP contribution is 2.47. The van der Waals surface area contributed by atoms with Crippen molar-refractivity contribution in [3.05, 3.63) is 64.8 Å². The summed E-state index contributed by atoms with van der Waals surface area (Å²) in [4.78, 5) is 38.4. The second-order valence-corrected chi connectivity index (χ2v) is 10.9. The number of esters is 2. The summed E-state index contributed by atoms with van der Waals surface area (Å²) in [6.45, 7) is 8.08. The molecule has 1 aromatic rings. The zero-order chi connectivity index (χ0) is 26.0. The van der Waals surface area contributed by atoms with Crippen molar-refractivity contribution in [1.82, 2.24) is 4.48 Å². The summed E-state index contributed by atoms with van der Waals surface area (Å²) in [6, 6.07) is 7.32. The largest absolute Gasteiger partial charge is 0.457 e. The van der Waals surface area contributed by atoms with Gasteiger partial charge in [0.05, 0.1) is 38.5 Å². The summed E-state index contributed by atoms with van der Waals surface area (Å²) in [5.41, 5.74) is 3.73. The van der Waals surface area contributed by atoms with E-state index in [2.05, 4.69) is 41.1 Å². The van der Waals surface area contributed by atoms with Crippen molar-refractivity contribution in [3.63, 3.8) is 0 Å². The number of rotatable bonds is 7. The Labute approximate surface area is 208 Å². The summed E-state index contributed by atoms with van der Waals surface area (Å²) in [5, 5.41) is 0. The van der Waals surface area contributed by atoms with E-state index in [1.165, 1.54) is 11.6 Å². The molecule has 3 rings (SSSR count). The van der Waals surface area contributed by atoms with Crippen LogP contribution in [-0.4, -0.2) is 51.1 Å². The Bertz CT molecular complexity index is 1080. The van der Waals surface area contributed by atoms with Gasteiger partial charge in [-0.2, -0.15) is 0 Å². The molecule has 0 radical (unpaired) electrons. The van der Waals surface area contributed by atoms with E-state index >= 15 is 0 Å². The molecule has 0 saturated carbocycles. The van der Waals surface area contributed by atoms with Gasteiger partial charge in [0.1, 0.15) is 17.9 Å². The van der Waals surface area contributed by atoms with Crippen LogP contribution in [0.4, 0.5) is 5.69 Å². The highest BCUT2D eigenvalue weighted by atomic mass is 16.6. The number of cyclic esters (lactones) is 1. The molecule has 1 unspecified atom stereocenters. The van der Waals surface area contributed by atoms with Crippen molar-refractivity contribution < 1.29 is 23.9 Å². The predicted octanol–water partition coefficient (Wildman–Crippen LogP) is 5.32. The van der Waals surface area contributed by atoms with Crippen LogP contribution in [-0.2, 0) is 19.1 Å². The van der Waals surface area contributed by atoms with Gasteiger partial charge in [-0.15, -0.1) is 0 Å². The highest BCUT2D eigenvalue weighted by molar-refractivity contribution is 6.01. The molecule has 1 heterocycles. The molecule has 0 N–H and O–H groups in total. The molecule has 1 spiro atoms. The molecule has 0 amide bonds. The minimum Gasteiger partial charge on any atom is -0.457 e. The van der Waals surface area contributed by atoms with Gasteiger partial charge in [-0.3, -0.25) is 14.1 Å². The number of quaternary nitrogens is 1. The number of nitrogens with zero attached hydrogens (tertiary/aromatic N) is 1. The Morgan fingerprint density at radius 1 is 1.11 bits per heavy atom. The molecular weight excluding hydrogens is 442 g/mol. The van der Waals surface area contributed by atoms with Crippen LogP contribution in [0.1, 0.15) is 63.7 Å². The molecule has 2 aliphatic rings. The second kappa shape index (κ2) is 10.3. The molecule has 1 aliphatic carbocycles. The fraction of sp³-hybridized carbons (Fsp3) is 0.483. The molecule has 1 fully saturated rings. The van der Waals surface area contributed by atoms with Gasteiger partial charge in [0.25, 0.3) is 0 Å². The van der Waals surface area contributed by atoms with Crippen LogP contribution >= 0.6 is 0 Å². The lowest BCUT2D eigenvalue weighted by Crippen LogP contribution is -2.44. The Kier molecular flexibility index (Phi) is 7.85. The molecule has 3 atom stereocenters. The van der Waals surface area contributed by atoms with E-state index in [9.17, 15) is 14.4 Å². The monoisotopic (exact) mass is 480 g/mol. The first-order chi connectivity index (χ1) is 16.3. The molecule has 6 nitrogen and oxygen atoms in total. The molecule has 1 aliphatic heterocycles. The maximum Gasteiger partial charge on any atom is 0.338 e. The summed E-state index contributed by atoms with van der Waals surface area (Å²) in [7, 11) is 6.16. The number of hydrogen-bond donors (Lipinski definition) is 0. The Balaban J connectivity index is 1.80. The van der Waals surface area contributed by atoms with Crippen LogP contribution in [0.2, 0.25) is 0 Å². The van der Waals surface area contributed by atoms with E-state index in [-0.39, 0.29) is 18.6 Å². The lowest BCUT2D eigenvalue weighted by atomic mass is 9.67. The van der Waals surface area contributed by atoms with Crippen molar-refractivity contribution in [2.45, 2.75) is 65.6 Å². The Hall–Kier alpha value is -2.99. The van der Waals surface area contributed by atoms with E-state index in [0.29, 0.717) is 10.0 Å². The fourth-order valence-electron chi connectivity index (χ4n) is 4.75. The van der Waals surface area contributed by atoms with Gasteiger partial charge in [0.15, 0.2) is 5.78 Å². The third-order valence-electron chi connectivity index (χ3n) is 7.00. The van der Waals surface area contributed by atoms with Crippen molar-refractivity contribution >= 4 is 23.4 Å². The first-order valence-corrected chi connectivity index (χ1v) is 12.2. The molecule has 1 saturated heterocycles. The van der Waals surface area contributed by atoms with E-state index in [0.717, 1.165) is 29.7 Å². The van der Waals surface area contributed by atoms with Gasteiger partial charge in [0, 0.05) is 6.42 Å².